The van der Waals surface area contributed by atoms with Crippen molar-refractivity contribution in [1.82, 2.24) is 0 Å². The molecule has 0 saturated carbocycles. The van der Waals surface area contributed by atoms with E-state index in [1.165, 1.54) is 0 Å². The molecule has 0 bridgehead atoms. The molecule has 0 spiro atoms. The van der Waals surface area contributed by atoms with Crippen LogP contribution in [0.25, 0.3) is 0 Å². The first kappa shape index (κ1) is 9.23. The smallest absolute Gasteiger partial charge is 0.0797 e. The molecule has 12 heavy (non-hydrogen) atoms. The van der Waals surface area contributed by atoms with E-state index in [9.17, 15) is 0 Å². The van der Waals surface area contributed by atoms with Gasteiger partial charge in [0.25, 0.3) is 0 Å². The van der Waals surface area contributed by atoms with Crippen LogP contribution in [0, 0.1) is 0 Å². The van der Waals surface area contributed by atoms with Crippen LogP contribution < -0.4 is 0 Å². The maximum absolute atomic E-state index is 8.54. The molecule has 1 aromatic carbocycles. The second kappa shape index (κ2) is 4.91. The summed E-state index contributed by atoms with van der Waals surface area (Å²) in [6, 6.07) is 9.97. The van der Waals surface area contributed by atoms with E-state index in [0.717, 1.165) is 5.56 Å². The highest BCUT2D eigenvalue weighted by Gasteiger charge is 2.02. The number of hydrogen-bond donors (Lipinski definition) is 1. The molecule has 1 atom stereocenters. The molecule has 0 aliphatic rings. The number of benzene rings is 1. The Labute approximate surface area is 72.8 Å². The standard InChI is InChI=1S/C10H14O2/c1-9(12-8-7-11)10-5-3-2-4-6-10/h2-6,9,11H,7-8H2,1H3/t9-/m0/s1. The zero-order valence-electron chi connectivity index (χ0n) is 7.23. The van der Waals surface area contributed by atoms with Gasteiger partial charge < -0.3 is 9.84 Å². The molecule has 66 valence electrons. The first-order valence-corrected chi connectivity index (χ1v) is 4.12. The van der Waals surface area contributed by atoms with Crippen LogP contribution in [-0.2, 0) is 4.74 Å². The predicted molar refractivity (Wildman–Crippen MR) is 47.9 cm³/mol. The Kier molecular flexibility index (Phi) is 3.77. The lowest BCUT2D eigenvalue weighted by molar-refractivity contribution is 0.0385. The summed E-state index contributed by atoms with van der Waals surface area (Å²) in [4.78, 5) is 0. The molecule has 2 heteroatoms. The van der Waals surface area contributed by atoms with Crippen LogP contribution in [0.1, 0.15) is 18.6 Å². The summed E-state index contributed by atoms with van der Waals surface area (Å²) in [6.07, 6.45) is 0.0679. The number of aliphatic hydroxyl groups is 1. The molecule has 0 aromatic heterocycles. The Morgan fingerprint density at radius 3 is 2.58 bits per heavy atom. The normalized spacial score (nSPS) is 12.8. The van der Waals surface area contributed by atoms with E-state index in [-0.39, 0.29) is 12.7 Å². The van der Waals surface area contributed by atoms with Gasteiger partial charge in [-0.25, -0.2) is 0 Å². The van der Waals surface area contributed by atoms with Gasteiger partial charge in [-0.15, -0.1) is 0 Å². The molecule has 0 fully saturated rings. The van der Waals surface area contributed by atoms with Gasteiger partial charge >= 0.3 is 0 Å². The summed E-state index contributed by atoms with van der Waals surface area (Å²) in [7, 11) is 0. The number of ether oxygens (including phenoxy) is 1. The van der Waals surface area contributed by atoms with E-state index < -0.39 is 0 Å². The molecular weight excluding hydrogens is 152 g/mol. The minimum absolute atomic E-state index is 0.0679. The second-order valence-electron chi connectivity index (χ2n) is 2.65. The Morgan fingerprint density at radius 2 is 2.00 bits per heavy atom. The van der Waals surface area contributed by atoms with Crippen molar-refractivity contribution >= 4 is 0 Å². The predicted octanol–water partition coefficient (Wildman–Crippen LogP) is 1.76. The van der Waals surface area contributed by atoms with Crippen molar-refractivity contribution in [1.29, 1.82) is 0 Å². The molecule has 0 aliphatic carbocycles. The van der Waals surface area contributed by atoms with Crippen molar-refractivity contribution in [2.24, 2.45) is 0 Å². The highest BCUT2D eigenvalue weighted by Crippen LogP contribution is 2.14. The zero-order valence-corrected chi connectivity index (χ0v) is 7.23. The summed E-state index contributed by atoms with van der Waals surface area (Å²) in [5.41, 5.74) is 1.14. The third-order valence-corrected chi connectivity index (χ3v) is 1.73. The summed E-state index contributed by atoms with van der Waals surface area (Å²) >= 11 is 0. The van der Waals surface area contributed by atoms with Crippen LogP contribution in [0.2, 0.25) is 0 Å². The van der Waals surface area contributed by atoms with Gasteiger partial charge in [-0.2, -0.15) is 0 Å². The lowest BCUT2D eigenvalue weighted by atomic mass is 10.1. The fraction of sp³-hybridized carbons (Fsp3) is 0.400. The summed E-state index contributed by atoms with van der Waals surface area (Å²) < 4.78 is 5.33. The molecule has 2 nitrogen and oxygen atoms in total. The van der Waals surface area contributed by atoms with Gasteiger partial charge in [0.05, 0.1) is 19.3 Å². The van der Waals surface area contributed by atoms with Gasteiger partial charge in [0.1, 0.15) is 0 Å². The Balaban J connectivity index is 2.48. The first-order chi connectivity index (χ1) is 5.84. The fourth-order valence-electron chi connectivity index (χ4n) is 1.05. The topological polar surface area (TPSA) is 29.5 Å². The first-order valence-electron chi connectivity index (χ1n) is 4.12. The van der Waals surface area contributed by atoms with Gasteiger partial charge in [0.15, 0.2) is 0 Å². The molecule has 0 heterocycles. The summed E-state index contributed by atoms with van der Waals surface area (Å²) in [5.74, 6) is 0. The van der Waals surface area contributed by atoms with E-state index in [0.29, 0.717) is 6.61 Å². The van der Waals surface area contributed by atoms with E-state index >= 15 is 0 Å². The lowest BCUT2D eigenvalue weighted by Crippen LogP contribution is -2.04. The Hall–Kier alpha value is -0.860. The van der Waals surface area contributed by atoms with Crippen molar-refractivity contribution in [3.8, 4) is 0 Å². The van der Waals surface area contributed by atoms with Gasteiger partial charge in [0, 0.05) is 0 Å². The van der Waals surface area contributed by atoms with Crippen molar-refractivity contribution in [2.45, 2.75) is 13.0 Å². The number of rotatable bonds is 4. The molecule has 0 amide bonds. The van der Waals surface area contributed by atoms with Crippen LogP contribution in [0.4, 0.5) is 0 Å². The quantitative estimate of drug-likeness (QED) is 0.738. The SMILES string of the molecule is C[C@H](OCCO)c1ccccc1. The maximum Gasteiger partial charge on any atom is 0.0797 e. The van der Waals surface area contributed by atoms with E-state index in [1.54, 1.807) is 0 Å². The van der Waals surface area contributed by atoms with Crippen LogP contribution in [0.15, 0.2) is 30.3 Å². The van der Waals surface area contributed by atoms with Crippen LogP contribution >= 0.6 is 0 Å². The molecule has 0 radical (unpaired) electrons. The zero-order chi connectivity index (χ0) is 8.81. The second-order valence-corrected chi connectivity index (χ2v) is 2.65. The highest BCUT2D eigenvalue weighted by atomic mass is 16.5. The average molecular weight is 166 g/mol. The maximum atomic E-state index is 8.54. The molecule has 1 N–H and O–H groups in total. The molecule has 0 saturated heterocycles. The van der Waals surface area contributed by atoms with E-state index in [4.69, 9.17) is 9.84 Å². The van der Waals surface area contributed by atoms with Crippen LogP contribution in [0.3, 0.4) is 0 Å². The molecule has 1 aromatic rings. The van der Waals surface area contributed by atoms with Crippen molar-refractivity contribution < 1.29 is 9.84 Å². The largest absolute Gasteiger partial charge is 0.394 e. The minimum atomic E-state index is 0.0679. The van der Waals surface area contributed by atoms with Gasteiger partial charge in [-0.3, -0.25) is 0 Å². The van der Waals surface area contributed by atoms with E-state index in [1.807, 2.05) is 37.3 Å². The van der Waals surface area contributed by atoms with Gasteiger partial charge in [0.2, 0.25) is 0 Å². The monoisotopic (exact) mass is 166 g/mol. The van der Waals surface area contributed by atoms with Crippen molar-refractivity contribution in [2.75, 3.05) is 13.2 Å². The van der Waals surface area contributed by atoms with Crippen LogP contribution in [0.5, 0.6) is 0 Å². The Morgan fingerprint density at radius 1 is 1.33 bits per heavy atom. The molecular formula is C10H14O2. The van der Waals surface area contributed by atoms with Crippen molar-refractivity contribution in [3.63, 3.8) is 0 Å². The summed E-state index contributed by atoms with van der Waals surface area (Å²) in [6.45, 7) is 2.46. The number of aliphatic hydroxyl groups excluding tert-OH is 1. The summed E-state index contributed by atoms with van der Waals surface area (Å²) in [5, 5.41) is 8.54. The molecule has 1 rings (SSSR count). The van der Waals surface area contributed by atoms with E-state index in [2.05, 4.69) is 0 Å². The van der Waals surface area contributed by atoms with Crippen molar-refractivity contribution in [3.05, 3.63) is 35.9 Å². The lowest BCUT2D eigenvalue weighted by Gasteiger charge is -2.11. The molecule has 0 unspecified atom stereocenters. The third kappa shape index (κ3) is 2.64. The van der Waals surface area contributed by atoms with Crippen LogP contribution in [-0.4, -0.2) is 18.3 Å². The van der Waals surface area contributed by atoms with Gasteiger partial charge in [-0.05, 0) is 12.5 Å². The Bertz CT molecular complexity index is 208. The fourth-order valence-corrected chi connectivity index (χ4v) is 1.05. The average Bonchev–Trinajstić information content (AvgIpc) is 2.15. The highest BCUT2D eigenvalue weighted by molar-refractivity contribution is 5.16. The minimum Gasteiger partial charge on any atom is -0.394 e. The molecule has 0 aliphatic heterocycles. The third-order valence-electron chi connectivity index (χ3n) is 1.73. The number of hydrogen-bond acceptors (Lipinski definition) is 2. The van der Waals surface area contributed by atoms with Gasteiger partial charge in [-0.1, -0.05) is 30.3 Å².